The number of carbonyl (C=O) groups is 1. The zero-order chi connectivity index (χ0) is 19.0. The SMILES string of the molecule is Cc1ccc(NC(=O)N2CCC(CC3CC3)(c3noc(C)n3)CC2)c(C)c1. The maximum Gasteiger partial charge on any atom is 0.321 e. The molecule has 0 radical (unpaired) electrons. The number of nitrogens with one attached hydrogen (secondary N) is 1. The van der Waals surface area contributed by atoms with Gasteiger partial charge in [0.1, 0.15) is 0 Å². The molecule has 1 saturated carbocycles. The topological polar surface area (TPSA) is 71.3 Å². The van der Waals surface area contributed by atoms with Crippen LogP contribution in [0.3, 0.4) is 0 Å². The molecule has 1 aromatic carbocycles. The third-order valence-electron chi connectivity index (χ3n) is 6.01. The summed E-state index contributed by atoms with van der Waals surface area (Å²) in [6.45, 7) is 7.36. The van der Waals surface area contributed by atoms with Gasteiger partial charge < -0.3 is 14.7 Å². The third kappa shape index (κ3) is 3.84. The van der Waals surface area contributed by atoms with E-state index in [1.54, 1.807) is 0 Å². The van der Waals surface area contributed by atoms with Crippen LogP contribution in [-0.4, -0.2) is 34.2 Å². The zero-order valence-electron chi connectivity index (χ0n) is 16.4. The Labute approximate surface area is 160 Å². The standard InChI is InChI=1S/C21H28N4O2/c1-14-4-7-18(15(2)12-14)23-20(26)25-10-8-21(9-11-25,13-17-5-6-17)19-22-16(3)27-24-19/h4,7,12,17H,5-6,8-11,13H2,1-3H3,(H,23,26). The summed E-state index contributed by atoms with van der Waals surface area (Å²) in [7, 11) is 0. The molecule has 2 heterocycles. The highest BCUT2D eigenvalue weighted by molar-refractivity contribution is 5.90. The summed E-state index contributed by atoms with van der Waals surface area (Å²) in [5.41, 5.74) is 3.12. The molecule has 0 bridgehead atoms. The lowest BCUT2D eigenvalue weighted by Gasteiger charge is -2.40. The molecular weight excluding hydrogens is 340 g/mol. The van der Waals surface area contributed by atoms with E-state index in [1.165, 1.54) is 18.4 Å². The molecule has 2 aliphatic rings. The van der Waals surface area contributed by atoms with E-state index in [4.69, 9.17) is 4.52 Å². The fourth-order valence-electron chi connectivity index (χ4n) is 4.19. The lowest BCUT2D eigenvalue weighted by molar-refractivity contribution is 0.153. The first kappa shape index (κ1) is 18.0. The van der Waals surface area contributed by atoms with Crippen molar-refractivity contribution in [3.63, 3.8) is 0 Å². The van der Waals surface area contributed by atoms with Crippen LogP contribution in [-0.2, 0) is 5.41 Å². The molecular formula is C21H28N4O2. The molecule has 27 heavy (non-hydrogen) atoms. The van der Waals surface area contributed by atoms with Crippen molar-refractivity contribution in [1.82, 2.24) is 15.0 Å². The number of likely N-dealkylation sites (tertiary alicyclic amines) is 1. The van der Waals surface area contributed by atoms with Crippen molar-refractivity contribution in [3.05, 3.63) is 41.0 Å². The number of aromatic nitrogens is 2. The number of piperidine rings is 1. The molecule has 1 saturated heterocycles. The van der Waals surface area contributed by atoms with Crippen LogP contribution < -0.4 is 5.32 Å². The number of aryl methyl sites for hydroxylation is 3. The minimum Gasteiger partial charge on any atom is -0.340 e. The van der Waals surface area contributed by atoms with Gasteiger partial charge in [-0.05, 0) is 50.7 Å². The highest BCUT2D eigenvalue weighted by Crippen LogP contribution is 2.46. The normalized spacial score (nSPS) is 19.1. The van der Waals surface area contributed by atoms with E-state index in [0.717, 1.165) is 55.3 Å². The second-order valence-corrected chi connectivity index (χ2v) is 8.30. The molecule has 6 nitrogen and oxygen atoms in total. The third-order valence-corrected chi connectivity index (χ3v) is 6.01. The number of amides is 2. The van der Waals surface area contributed by atoms with E-state index in [-0.39, 0.29) is 11.4 Å². The molecule has 1 aliphatic carbocycles. The Morgan fingerprint density at radius 3 is 2.59 bits per heavy atom. The second-order valence-electron chi connectivity index (χ2n) is 8.30. The predicted octanol–water partition coefficient (Wildman–Crippen LogP) is 4.36. The molecule has 0 spiro atoms. The van der Waals surface area contributed by atoms with E-state index in [9.17, 15) is 4.79 Å². The van der Waals surface area contributed by atoms with Gasteiger partial charge in [-0.2, -0.15) is 4.98 Å². The van der Waals surface area contributed by atoms with Gasteiger partial charge in [0.15, 0.2) is 5.82 Å². The van der Waals surface area contributed by atoms with Gasteiger partial charge in [0.05, 0.1) is 0 Å². The van der Waals surface area contributed by atoms with Gasteiger partial charge in [-0.15, -0.1) is 0 Å². The van der Waals surface area contributed by atoms with Gasteiger partial charge in [0, 0.05) is 31.1 Å². The highest BCUT2D eigenvalue weighted by atomic mass is 16.5. The fraction of sp³-hybridized carbons (Fsp3) is 0.571. The van der Waals surface area contributed by atoms with Gasteiger partial charge >= 0.3 is 6.03 Å². The number of hydrogen-bond acceptors (Lipinski definition) is 4. The summed E-state index contributed by atoms with van der Waals surface area (Å²) in [5.74, 6) is 2.23. The predicted molar refractivity (Wildman–Crippen MR) is 104 cm³/mol. The maximum absolute atomic E-state index is 12.8. The van der Waals surface area contributed by atoms with Crippen LogP contribution >= 0.6 is 0 Å². The highest BCUT2D eigenvalue weighted by Gasteiger charge is 2.44. The average molecular weight is 368 g/mol. The Hall–Kier alpha value is -2.37. The molecule has 0 atom stereocenters. The largest absolute Gasteiger partial charge is 0.340 e. The number of anilines is 1. The van der Waals surface area contributed by atoms with Crippen LogP contribution in [0.2, 0.25) is 0 Å². The van der Waals surface area contributed by atoms with Crippen LogP contribution in [0.25, 0.3) is 0 Å². The van der Waals surface area contributed by atoms with Crippen LogP contribution in [0.5, 0.6) is 0 Å². The molecule has 4 rings (SSSR count). The number of rotatable bonds is 4. The minimum absolute atomic E-state index is 0.0220. The molecule has 1 aliphatic heterocycles. The maximum atomic E-state index is 12.8. The molecule has 6 heteroatoms. The van der Waals surface area contributed by atoms with E-state index in [1.807, 2.05) is 30.9 Å². The molecule has 2 aromatic rings. The van der Waals surface area contributed by atoms with Crippen LogP contribution in [0.4, 0.5) is 10.5 Å². The fourth-order valence-corrected chi connectivity index (χ4v) is 4.19. The number of nitrogens with zero attached hydrogens (tertiary/aromatic N) is 3. The number of benzene rings is 1. The summed E-state index contributed by atoms with van der Waals surface area (Å²) in [4.78, 5) is 19.2. The van der Waals surface area contributed by atoms with Gasteiger partial charge in [-0.1, -0.05) is 35.7 Å². The van der Waals surface area contributed by atoms with Gasteiger partial charge in [0.25, 0.3) is 0 Å². The zero-order valence-corrected chi connectivity index (χ0v) is 16.4. The summed E-state index contributed by atoms with van der Waals surface area (Å²) in [5, 5.41) is 7.31. The quantitative estimate of drug-likeness (QED) is 0.870. The van der Waals surface area contributed by atoms with Crippen LogP contribution in [0.1, 0.15) is 54.9 Å². The summed E-state index contributed by atoms with van der Waals surface area (Å²) < 4.78 is 5.27. The first-order valence-electron chi connectivity index (χ1n) is 9.89. The van der Waals surface area contributed by atoms with E-state index in [0.29, 0.717) is 5.89 Å². The molecule has 1 aromatic heterocycles. The summed E-state index contributed by atoms with van der Waals surface area (Å²) in [6.07, 6.45) is 5.50. The van der Waals surface area contributed by atoms with Gasteiger partial charge in [-0.3, -0.25) is 0 Å². The van der Waals surface area contributed by atoms with Gasteiger partial charge in [-0.25, -0.2) is 4.79 Å². The number of carbonyl (C=O) groups excluding carboxylic acids is 1. The Balaban J connectivity index is 1.44. The molecule has 1 N–H and O–H groups in total. The van der Waals surface area contributed by atoms with E-state index in [2.05, 4.69) is 28.4 Å². The van der Waals surface area contributed by atoms with Crippen molar-refractivity contribution >= 4 is 11.7 Å². The number of hydrogen-bond donors (Lipinski definition) is 1. The van der Waals surface area contributed by atoms with Crippen molar-refractivity contribution in [2.45, 2.75) is 58.3 Å². The van der Waals surface area contributed by atoms with Crippen molar-refractivity contribution in [1.29, 1.82) is 0 Å². The van der Waals surface area contributed by atoms with Crippen molar-refractivity contribution < 1.29 is 9.32 Å². The Bertz CT molecular complexity index is 832. The van der Waals surface area contributed by atoms with Crippen molar-refractivity contribution in [3.8, 4) is 0 Å². The van der Waals surface area contributed by atoms with Crippen LogP contribution in [0.15, 0.2) is 22.7 Å². The lowest BCUT2D eigenvalue weighted by atomic mass is 9.73. The van der Waals surface area contributed by atoms with Crippen molar-refractivity contribution in [2.75, 3.05) is 18.4 Å². The van der Waals surface area contributed by atoms with Gasteiger partial charge in [0.2, 0.25) is 5.89 Å². The molecule has 0 unspecified atom stereocenters. The Kier molecular flexibility index (Phi) is 4.66. The first-order chi connectivity index (χ1) is 12.9. The van der Waals surface area contributed by atoms with Crippen LogP contribution in [0, 0.1) is 26.7 Å². The van der Waals surface area contributed by atoms with E-state index >= 15 is 0 Å². The number of urea groups is 1. The minimum atomic E-state index is -0.0461. The monoisotopic (exact) mass is 368 g/mol. The Morgan fingerprint density at radius 2 is 2.00 bits per heavy atom. The smallest absolute Gasteiger partial charge is 0.321 e. The average Bonchev–Trinajstić information content (AvgIpc) is 3.34. The summed E-state index contributed by atoms with van der Waals surface area (Å²) in [6, 6.07) is 6.07. The molecule has 2 amide bonds. The molecule has 2 fully saturated rings. The second kappa shape index (κ2) is 6.98. The lowest BCUT2D eigenvalue weighted by Crippen LogP contribution is -2.47. The molecule has 144 valence electrons. The summed E-state index contributed by atoms with van der Waals surface area (Å²) >= 11 is 0. The van der Waals surface area contributed by atoms with E-state index < -0.39 is 0 Å². The first-order valence-corrected chi connectivity index (χ1v) is 9.89. The van der Waals surface area contributed by atoms with Crippen molar-refractivity contribution in [2.24, 2.45) is 5.92 Å². The Morgan fingerprint density at radius 1 is 1.26 bits per heavy atom.